The Balaban J connectivity index is 3.00. The van der Waals surface area contributed by atoms with Crippen LogP contribution < -0.4 is 4.74 Å². The van der Waals surface area contributed by atoms with E-state index in [1.54, 1.807) is 19.2 Å². The molecule has 4 heteroatoms. The highest BCUT2D eigenvalue weighted by atomic mass is 79.9. The van der Waals surface area contributed by atoms with Crippen molar-refractivity contribution in [2.24, 2.45) is 0 Å². The lowest BCUT2D eigenvalue weighted by molar-refractivity contribution is 0.0955. The van der Waals surface area contributed by atoms with E-state index in [1.807, 2.05) is 25.1 Å². The predicted octanol–water partition coefficient (Wildman–Crippen LogP) is 2.20. The molecule has 82 valence electrons. The molecular weight excluding hydrogens is 258 g/mol. The maximum Gasteiger partial charge on any atom is 0.180 e. The lowest BCUT2D eigenvalue weighted by Crippen LogP contribution is -2.22. The molecule has 0 radical (unpaired) electrons. The van der Waals surface area contributed by atoms with Gasteiger partial charge >= 0.3 is 0 Å². The van der Waals surface area contributed by atoms with Crippen molar-refractivity contribution in [3.63, 3.8) is 0 Å². The van der Waals surface area contributed by atoms with Gasteiger partial charge in [0.1, 0.15) is 5.75 Å². The first-order valence-corrected chi connectivity index (χ1v) is 5.35. The maximum absolute atomic E-state index is 11.8. The molecule has 0 heterocycles. The molecule has 0 amide bonds. The number of rotatable bonds is 4. The van der Waals surface area contributed by atoms with Gasteiger partial charge in [0.05, 0.1) is 19.2 Å². The number of carbonyl (C=O) groups excluding carboxylic acids is 1. The molecule has 0 aliphatic rings. The van der Waals surface area contributed by atoms with Crippen LogP contribution in [-0.4, -0.2) is 38.4 Å². The van der Waals surface area contributed by atoms with Gasteiger partial charge < -0.3 is 9.64 Å². The predicted molar refractivity (Wildman–Crippen MR) is 63.6 cm³/mol. The van der Waals surface area contributed by atoms with Gasteiger partial charge in [-0.3, -0.25) is 4.79 Å². The number of nitrogens with zero attached hydrogens (tertiary/aromatic N) is 1. The van der Waals surface area contributed by atoms with Crippen LogP contribution in [0.4, 0.5) is 0 Å². The minimum absolute atomic E-state index is 0.0538. The molecular formula is C11H14BrNO2. The Morgan fingerprint density at radius 3 is 2.67 bits per heavy atom. The Morgan fingerprint density at radius 2 is 2.13 bits per heavy atom. The van der Waals surface area contributed by atoms with Crippen LogP contribution in [0, 0.1) is 0 Å². The third kappa shape index (κ3) is 3.32. The molecule has 0 aliphatic carbocycles. The maximum atomic E-state index is 11.8. The van der Waals surface area contributed by atoms with Gasteiger partial charge in [-0.1, -0.05) is 15.9 Å². The Labute approximate surface area is 98.2 Å². The number of Topliss-reactive ketones (excluding diaryl/α,β-unsaturated/α-hetero) is 1. The summed E-state index contributed by atoms with van der Waals surface area (Å²) in [7, 11) is 5.29. The molecule has 1 aromatic rings. The molecule has 0 spiro atoms. The molecule has 0 aromatic heterocycles. The van der Waals surface area contributed by atoms with E-state index < -0.39 is 0 Å². The smallest absolute Gasteiger partial charge is 0.180 e. The lowest BCUT2D eigenvalue weighted by atomic mass is 10.1. The Hall–Kier alpha value is -0.870. The molecule has 1 rings (SSSR count). The van der Waals surface area contributed by atoms with Crippen LogP contribution in [0.25, 0.3) is 0 Å². The highest BCUT2D eigenvalue weighted by molar-refractivity contribution is 9.10. The number of hydrogen-bond donors (Lipinski definition) is 0. The van der Waals surface area contributed by atoms with Gasteiger partial charge in [-0.05, 0) is 32.3 Å². The van der Waals surface area contributed by atoms with Crippen molar-refractivity contribution in [3.8, 4) is 5.75 Å². The van der Waals surface area contributed by atoms with Crippen LogP contribution in [0.15, 0.2) is 22.7 Å². The summed E-state index contributed by atoms with van der Waals surface area (Å²) in [4.78, 5) is 13.7. The Morgan fingerprint density at radius 1 is 1.47 bits per heavy atom. The van der Waals surface area contributed by atoms with Gasteiger partial charge in [-0.15, -0.1) is 0 Å². The van der Waals surface area contributed by atoms with E-state index in [9.17, 15) is 4.79 Å². The zero-order valence-electron chi connectivity index (χ0n) is 9.08. The summed E-state index contributed by atoms with van der Waals surface area (Å²) in [5.41, 5.74) is 0.612. The monoisotopic (exact) mass is 271 g/mol. The fourth-order valence-corrected chi connectivity index (χ4v) is 1.63. The molecule has 0 bridgehead atoms. The zero-order chi connectivity index (χ0) is 11.4. The second-order valence-corrected chi connectivity index (χ2v) is 4.42. The fourth-order valence-electron chi connectivity index (χ4n) is 1.27. The van der Waals surface area contributed by atoms with Crippen LogP contribution in [0.2, 0.25) is 0 Å². The molecule has 0 N–H and O–H groups in total. The first-order valence-electron chi connectivity index (χ1n) is 4.56. The first kappa shape index (κ1) is 12.2. The van der Waals surface area contributed by atoms with Crippen molar-refractivity contribution < 1.29 is 9.53 Å². The molecule has 0 unspecified atom stereocenters. The molecule has 0 saturated carbocycles. The summed E-state index contributed by atoms with van der Waals surface area (Å²) < 4.78 is 6.02. The van der Waals surface area contributed by atoms with Crippen LogP contribution in [0.1, 0.15) is 10.4 Å². The van der Waals surface area contributed by atoms with E-state index in [4.69, 9.17) is 4.74 Å². The van der Waals surface area contributed by atoms with Crippen molar-refractivity contribution in [2.45, 2.75) is 0 Å². The van der Waals surface area contributed by atoms with Gasteiger partial charge in [0.25, 0.3) is 0 Å². The van der Waals surface area contributed by atoms with E-state index in [0.29, 0.717) is 17.9 Å². The lowest BCUT2D eigenvalue weighted by Gasteiger charge is -2.11. The van der Waals surface area contributed by atoms with Crippen molar-refractivity contribution in [3.05, 3.63) is 28.2 Å². The third-order valence-corrected chi connectivity index (χ3v) is 2.42. The van der Waals surface area contributed by atoms with Gasteiger partial charge in [0.15, 0.2) is 5.78 Å². The van der Waals surface area contributed by atoms with Crippen molar-refractivity contribution in [1.82, 2.24) is 4.90 Å². The number of methoxy groups -OCH3 is 1. The number of likely N-dealkylation sites (N-methyl/N-ethyl adjacent to an activating group) is 1. The van der Waals surface area contributed by atoms with Crippen molar-refractivity contribution in [1.29, 1.82) is 0 Å². The van der Waals surface area contributed by atoms with Crippen molar-refractivity contribution in [2.75, 3.05) is 27.7 Å². The summed E-state index contributed by atoms with van der Waals surface area (Å²) in [6.45, 7) is 0.382. The summed E-state index contributed by atoms with van der Waals surface area (Å²) in [5, 5.41) is 0. The number of halogens is 1. The molecule has 0 atom stereocenters. The molecule has 0 fully saturated rings. The summed E-state index contributed by atoms with van der Waals surface area (Å²) in [6.07, 6.45) is 0. The Kier molecular flexibility index (Phi) is 4.29. The van der Waals surface area contributed by atoms with Crippen LogP contribution >= 0.6 is 15.9 Å². The average molecular weight is 272 g/mol. The van der Waals surface area contributed by atoms with Gasteiger partial charge in [-0.2, -0.15) is 0 Å². The quantitative estimate of drug-likeness (QED) is 0.787. The molecule has 3 nitrogen and oxygen atoms in total. The number of carbonyl (C=O) groups is 1. The molecule has 1 aromatic carbocycles. The SMILES string of the molecule is COc1ccc(Br)cc1C(=O)CN(C)C. The second-order valence-electron chi connectivity index (χ2n) is 3.51. The largest absolute Gasteiger partial charge is 0.496 e. The van der Waals surface area contributed by atoms with Gasteiger partial charge in [0.2, 0.25) is 0 Å². The number of ether oxygens (including phenoxy) is 1. The van der Waals surface area contributed by atoms with E-state index >= 15 is 0 Å². The van der Waals surface area contributed by atoms with Gasteiger partial charge in [0, 0.05) is 4.47 Å². The second kappa shape index (κ2) is 5.28. The highest BCUT2D eigenvalue weighted by Gasteiger charge is 2.13. The standard InChI is InChI=1S/C11H14BrNO2/c1-13(2)7-10(14)9-6-8(12)4-5-11(9)15-3/h4-6H,7H2,1-3H3. The minimum Gasteiger partial charge on any atom is -0.496 e. The first-order chi connectivity index (χ1) is 7.04. The fraction of sp³-hybridized carbons (Fsp3) is 0.364. The summed E-state index contributed by atoms with van der Waals surface area (Å²) in [5.74, 6) is 0.670. The van der Waals surface area contributed by atoms with Crippen LogP contribution in [-0.2, 0) is 0 Å². The summed E-state index contributed by atoms with van der Waals surface area (Å²) >= 11 is 3.34. The molecule has 0 saturated heterocycles. The van der Waals surface area contributed by atoms with E-state index in [1.165, 1.54) is 0 Å². The molecule has 15 heavy (non-hydrogen) atoms. The van der Waals surface area contributed by atoms with Crippen LogP contribution in [0.5, 0.6) is 5.75 Å². The third-order valence-electron chi connectivity index (χ3n) is 1.92. The Bertz CT molecular complexity index is 364. The number of hydrogen-bond acceptors (Lipinski definition) is 3. The van der Waals surface area contributed by atoms with E-state index in [0.717, 1.165) is 4.47 Å². The minimum atomic E-state index is 0.0538. The normalized spacial score (nSPS) is 10.5. The van der Waals surface area contributed by atoms with E-state index in [-0.39, 0.29) is 5.78 Å². The number of benzene rings is 1. The van der Waals surface area contributed by atoms with E-state index in [2.05, 4.69) is 15.9 Å². The molecule has 0 aliphatic heterocycles. The average Bonchev–Trinajstić information content (AvgIpc) is 2.16. The highest BCUT2D eigenvalue weighted by Crippen LogP contribution is 2.23. The van der Waals surface area contributed by atoms with Crippen LogP contribution in [0.3, 0.4) is 0 Å². The topological polar surface area (TPSA) is 29.5 Å². The van der Waals surface area contributed by atoms with Gasteiger partial charge in [-0.25, -0.2) is 0 Å². The summed E-state index contributed by atoms with van der Waals surface area (Å²) in [6, 6.07) is 5.42. The zero-order valence-corrected chi connectivity index (χ0v) is 10.7. The van der Waals surface area contributed by atoms with Crippen molar-refractivity contribution >= 4 is 21.7 Å². The number of ketones is 1.